The number of hydrogen-bond acceptors (Lipinski definition) is 7. The summed E-state index contributed by atoms with van der Waals surface area (Å²) in [6.45, 7) is 6.44. The Balaban J connectivity index is 1.56. The molecule has 12 heteroatoms. The number of anilines is 2. The molecule has 3 heterocycles. The first kappa shape index (κ1) is 25.2. The average molecular weight is 524 g/mol. The van der Waals surface area contributed by atoms with Crippen LogP contribution in [-0.4, -0.2) is 58.9 Å². The van der Waals surface area contributed by atoms with Crippen molar-refractivity contribution < 1.29 is 22.3 Å². The van der Waals surface area contributed by atoms with E-state index in [9.17, 15) is 13.2 Å². The van der Waals surface area contributed by atoms with Gasteiger partial charge in [0.2, 0.25) is 0 Å². The topological polar surface area (TPSA) is 106 Å². The van der Waals surface area contributed by atoms with E-state index in [1.165, 1.54) is 30.7 Å². The first-order valence-corrected chi connectivity index (χ1v) is 13.4. The molecule has 1 N–H and O–H groups in total. The molecule has 0 aliphatic carbocycles. The Hall–Kier alpha value is -2.92. The minimum atomic E-state index is -3.42. The zero-order valence-electron chi connectivity index (χ0n) is 19.9. The largest absolute Gasteiger partial charge is 0.444 e. The van der Waals surface area contributed by atoms with Gasteiger partial charge in [-0.25, -0.2) is 27.6 Å². The van der Waals surface area contributed by atoms with Crippen LogP contribution in [0.15, 0.2) is 35.6 Å². The first-order valence-electron chi connectivity index (χ1n) is 11.1. The molecule has 9 nitrogen and oxygen atoms in total. The van der Waals surface area contributed by atoms with E-state index >= 15 is 4.39 Å². The predicted octanol–water partition coefficient (Wildman–Crippen LogP) is 4.94. The second-order valence-electron chi connectivity index (χ2n) is 9.54. The molecule has 0 atom stereocenters. The Morgan fingerprint density at radius 2 is 1.91 bits per heavy atom. The lowest BCUT2D eigenvalue weighted by Crippen LogP contribution is -2.42. The SMILES string of the molecule is CC(C)(C)OC(=O)N1CCC(n2cc(F)c3c(Nc4ccc(S(C)(=O)=O)cc4Cl)ncnc32)CC1. The number of benzene rings is 1. The van der Waals surface area contributed by atoms with Gasteiger partial charge in [0.05, 0.1) is 21.0 Å². The maximum absolute atomic E-state index is 15.1. The normalized spacial score (nSPS) is 15.4. The summed E-state index contributed by atoms with van der Waals surface area (Å²) in [5.41, 5.74) is 0.235. The molecule has 188 valence electrons. The van der Waals surface area contributed by atoms with Gasteiger partial charge in [0, 0.05) is 31.6 Å². The second kappa shape index (κ2) is 9.27. The van der Waals surface area contributed by atoms with Gasteiger partial charge in [-0.05, 0) is 51.8 Å². The Bertz CT molecular complexity index is 1380. The quantitative estimate of drug-likeness (QED) is 0.516. The van der Waals surface area contributed by atoms with E-state index in [2.05, 4.69) is 15.3 Å². The number of fused-ring (bicyclic) bond motifs is 1. The lowest BCUT2D eigenvalue weighted by Gasteiger charge is -2.34. The van der Waals surface area contributed by atoms with Crippen LogP contribution in [0, 0.1) is 5.82 Å². The first-order chi connectivity index (χ1) is 16.3. The maximum atomic E-state index is 15.1. The summed E-state index contributed by atoms with van der Waals surface area (Å²) in [5, 5.41) is 3.35. The van der Waals surface area contributed by atoms with Gasteiger partial charge in [-0.1, -0.05) is 11.6 Å². The number of carbonyl (C=O) groups is 1. The minimum absolute atomic E-state index is 0.0546. The standard InChI is InChI=1S/C23H27ClFN5O4S/c1-23(2,3)34-22(31)29-9-7-14(8-10-29)30-12-17(25)19-20(26-13-27-21(19)30)28-18-6-5-15(11-16(18)24)35(4,32)33/h5-6,11-14H,7-10H2,1-4H3,(H,26,27,28). The highest BCUT2D eigenvalue weighted by Gasteiger charge is 2.29. The third-order valence-corrected chi connectivity index (χ3v) is 7.12. The van der Waals surface area contributed by atoms with E-state index in [1.54, 1.807) is 9.47 Å². The number of carbonyl (C=O) groups excluding carboxylic acids is 1. The van der Waals surface area contributed by atoms with Crippen LogP contribution in [0.4, 0.5) is 20.7 Å². The summed E-state index contributed by atoms with van der Waals surface area (Å²) in [7, 11) is -3.42. The summed E-state index contributed by atoms with van der Waals surface area (Å²) in [5.74, 6) is -0.284. The number of rotatable bonds is 4. The molecule has 2 aromatic heterocycles. The fourth-order valence-electron chi connectivity index (χ4n) is 4.02. The summed E-state index contributed by atoms with van der Waals surface area (Å²) in [4.78, 5) is 22.6. The molecular formula is C23H27ClFN5O4S. The van der Waals surface area contributed by atoms with Gasteiger partial charge in [-0.3, -0.25) is 0 Å². The zero-order valence-corrected chi connectivity index (χ0v) is 21.5. The van der Waals surface area contributed by atoms with Crippen molar-refractivity contribution in [1.82, 2.24) is 19.4 Å². The molecule has 1 saturated heterocycles. The molecule has 1 aromatic carbocycles. The predicted molar refractivity (Wildman–Crippen MR) is 131 cm³/mol. The van der Waals surface area contributed by atoms with E-state index in [4.69, 9.17) is 16.3 Å². The third kappa shape index (κ3) is 5.51. The van der Waals surface area contributed by atoms with E-state index in [-0.39, 0.29) is 33.3 Å². The van der Waals surface area contributed by atoms with Crippen LogP contribution in [0.3, 0.4) is 0 Å². The van der Waals surface area contributed by atoms with Gasteiger partial charge >= 0.3 is 6.09 Å². The van der Waals surface area contributed by atoms with Crippen molar-refractivity contribution in [2.45, 2.75) is 50.2 Å². The average Bonchev–Trinajstić information content (AvgIpc) is 3.11. The van der Waals surface area contributed by atoms with Crippen LogP contribution < -0.4 is 5.32 Å². The number of nitrogens with one attached hydrogen (secondary N) is 1. The molecule has 1 fully saturated rings. The summed E-state index contributed by atoms with van der Waals surface area (Å²) >= 11 is 6.27. The number of hydrogen-bond donors (Lipinski definition) is 1. The molecule has 0 unspecified atom stereocenters. The molecule has 0 saturated carbocycles. The smallest absolute Gasteiger partial charge is 0.410 e. The van der Waals surface area contributed by atoms with Crippen LogP contribution in [-0.2, 0) is 14.6 Å². The van der Waals surface area contributed by atoms with Crippen LogP contribution in [0.1, 0.15) is 39.7 Å². The Morgan fingerprint density at radius 1 is 1.23 bits per heavy atom. The van der Waals surface area contributed by atoms with E-state index in [0.717, 1.165) is 6.26 Å². The highest BCUT2D eigenvalue weighted by Crippen LogP contribution is 2.34. The van der Waals surface area contributed by atoms with E-state index in [1.807, 2.05) is 20.8 Å². The lowest BCUT2D eigenvalue weighted by molar-refractivity contribution is 0.0189. The van der Waals surface area contributed by atoms with Crippen molar-refractivity contribution in [2.24, 2.45) is 0 Å². The molecule has 1 aliphatic rings. The van der Waals surface area contributed by atoms with Gasteiger partial charge < -0.3 is 19.5 Å². The second-order valence-corrected chi connectivity index (χ2v) is 12.0. The number of amides is 1. The van der Waals surface area contributed by atoms with Crippen molar-refractivity contribution in [3.8, 4) is 0 Å². The summed E-state index contributed by atoms with van der Waals surface area (Å²) in [6, 6.07) is 4.20. The van der Waals surface area contributed by atoms with Gasteiger partial charge in [0.25, 0.3) is 0 Å². The fourth-order valence-corrected chi connectivity index (χ4v) is 4.96. The molecule has 4 rings (SSSR count). The van der Waals surface area contributed by atoms with Crippen LogP contribution in [0.5, 0.6) is 0 Å². The summed E-state index contributed by atoms with van der Waals surface area (Å²) < 4.78 is 45.9. The van der Waals surface area contributed by atoms with Crippen LogP contribution >= 0.6 is 11.6 Å². The molecule has 0 spiro atoms. The van der Waals surface area contributed by atoms with Crippen molar-refractivity contribution in [2.75, 3.05) is 24.7 Å². The molecule has 1 amide bonds. The highest BCUT2D eigenvalue weighted by atomic mass is 35.5. The van der Waals surface area contributed by atoms with Gasteiger partial charge in [-0.15, -0.1) is 0 Å². The Kier molecular flexibility index (Phi) is 6.67. The van der Waals surface area contributed by atoms with E-state index < -0.39 is 21.3 Å². The minimum Gasteiger partial charge on any atom is -0.444 e. The number of nitrogens with zero attached hydrogens (tertiary/aromatic N) is 4. The fraction of sp³-hybridized carbons (Fsp3) is 0.435. The number of sulfone groups is 1. The number of ether oxygens (including phenoxy) is 1. The zero-order chi connectivity index (χ0) is 25.5. The molecular weight excluding hydrogens is 497 g/mol. The molecule has 3 aromatic rings. The van der Waals surface area contributed by atoms with Crippen molar-refractivity contribution >= 4 is 50.1 Å². The monoisotopic (exact) mass is 523 g/mol. The Morgan fingerprint density at radius 3 is 2.51 bits per heavy atom. The number of halogens is 2. The van der Waals surface area contributed by atoms with Crippen molar-refractivity contribution in [3.63, 3.8) is 0 Å². The number of piperidine rings is 1. The molecule has 1 aliphatic heterocycles. The Labute approximate surface area is 208 Å². The van der Waals surface area contributed by atoms with Crippen molar-refractivity contribution in [1.29, 1.82) is 0 Å². The lowest BCUT2D eigenvalue weighted by atomic mass is 10.1. The molecule has 0 bridgehead atoms. The molecule has 0 radical (unpaired) electrons. The van der Waals surface area contributed by atoms with Crippen molar-refractivity contribution in [3.05, 3.63) is 41.6 Å². The molecule has 35 heavy (non-hydrogen) atoms. The van der Waals surface area contributed by atoms with Gasteiger partial charge in [0.1, 0.15) is 23.4 Å². The van der Waals surface area contributed by atoms with E-state index in [0.29, 0.717) is 37.3 Å². The van der Waals surface area contributed by atoms with Gasteiger partial charge in [-0.2, -0.15) is 0 Å². The maximum Gasteiger partial charge on any atom is 0.410 e. The number of likely N-dealkylation sites (tertiary alicyclic amines) is 1. The van der Waals surface area contributed by atoms with Gasteiger partial charge in [0.15, 0.2) is 15.7 Å². The number of aromatic nitrogens is 3. The summed E-state index contributed by atoms with van der Waals surface area (Å²) in [6.07, 6.45) is 4.70. The van der Waals surface area contributed by atoms with Crippen LogP contribution in [0.2, 0.25) is 5.02 Å². The van der Waals surface area contributed by atoms with Crippen LogP contribution in [0.25, 0.3) is 11.0 Å². The third-order valence-electron chi connectivity index (χ3n) is 5.69. The highest BCUT2D eigenvalue weighted by molar-refractivity contribution is 7.90.